The summed E-state index contributed by atoms with van der Waals surface area (Å²) in [6, 6.07) is 8.47. The maximum atomic E-state index is 6.24. The topological polar surface area (TPSA) is 17.8 Å². The van der Waals surface area contributed by atoms with E-state index in [1.54, 1.807) is 0 Å². The number of para-hydroxylation sites is 1. The number of hydrogen-bond acceptors (Lipinski definition) is 1. The van der Waals surface area contributed by atoms with Crippen LogP contribution in [0.2, 0.25) is 0 Å². The van der Waals surface area contributed by atoms with Crippen LogP contribution in [0, 0.1) is 5.41 Å². The summed E-state index contributed by atoms with van der Waals surface area (Å²) in [5.74, 6) is 0.762. The molecule has 2 aromatic rings. The molecule has 0 bridgehead atoms. The van der Waals surface area contributed by atoms with Gasteiger partial charge in [-0.2, -0.15) is 5.10 Å². The molecule has 2 nitrogen and oxygen atoms in total. The smallest absolute Gasteiger partial charge is 0.0709 e. The molecule has 0 atom stereocenters. The molecule has 3 heteroatoms. The molecule has 3 rings (SSSR count). The second kappa shape index (κ2) is 4.58. The van der Waals surface area contributed by atoms with Gasteiger partial charge in [-0.1, -0.05) is 31.0 Å². The van der Waals surface area contributed by atoms with Crippen LogP contribution in [0.5, 0.6) is 0 Å². The monoisotopic (exact) mass is 262 g/mol. The van der Waals surface area contributed by atoms with Crippen LogP contribution >= 0.6 is 11.6 Å². The fraction of sp³-hybridized carbons (Fsp3) is 0.533. The Morgan fingerprint density at radius 3 is 2.72 bits per heavy atom. The van der Waals surface area contributed by atoms with Gasteiger partial charge in [-0.05, 0) is 30.7 Å². The fourth-order valence-corrected chi connectivity index (χ4v) is 3.62. The number of alkyl halides is 1. The zero-order valence-corrected chi connectivity index (χ0v) is 11.6. The SMILES string of the molecule is Cn1nc(CC2(CCl)CCCC2)c2ccccc21. The Morgan fingerprint density at radius 2 is 2.00 bits per heavy atom. The molecule has 0 radical (unpaired) electrons. The summed E-state index contributed by atoms with van der Waals surface area (Å²) in [7, 11) is 2.02. The highest BCUT2D eigenvalue weighted by molar-refractivity contribution is 6.18. The van der Waals surface area contributed by atoms with E-state index >= 15 is 0 Å². The lowest BCUT2D eigenvalue weighted by Crippen LogP contribution is -2.22. The lowest BCUT2D eigenvalue weighted by atomic mass is 9.83. The van der Waals surface area contributed by atoms with Crippen molar-refractivity contribution >= 4 is 22.5 Å². The van der Waals surface area contributed by atoms with Gasteiger partial charge in [0.05, 0.1) is 11.2 Å². The highest BCUT2D eigenvalue weighted by Crippen LogP contribution is 2.42. The Labute approximate surface area is 113 Å². The van der Waals surface area contributed by atoms with Gasteiger partial charge in [-0.3, -0.25) is 4.68 Å². The van der Waals surface area contributed by atoms with Crippen LogP contribution in [0.15, 0.2) is 24.3 Å². The molecule has 1 fully saturated rings. The van der Waals surface area contributed by atoms with Crippen LogP contribution in [0.4, 0.5) is 0 Å². The minimum Gasteiger partial charge on any atom is -0.268 e. The molecule has 0 saturated heterocycles. The third-order valence-corrected chi connectivity index (χ3v) is 4.89. The molecule has 0 aliphatic heterocycles. The quantitative estimate of drug-likeness (QED) is 0.767. The summed E-state index contributed by atoms with van der Waals surface area (Å²) >= 11 is 6.24. The highest BCUT2D eigenvalue weighted by Gasteiger charge is 2.34. The van der Waals surface area contributed by atoms with Gasteiger partial charge in [0, 0.05) is 18.3 Å². The molecular formula is C15H19ClN2. The minimum atomic E-state index is 0.290. The number of halogens is 1. The third kappa shape index (κ3) is 1.93. The molecule has 1 aliphatic rings. The normalized spacial score (nSPS) is 18.6. The number of aryl methyl sites for hydroxylation is 1. The second-order valence-electron chi connectivity index (χ2n) is 5.60. The van der Waals surface area contributed by atoms with Crippen molar-refractivity contribution in [3.05, 3.63) is 30.0 Å². The van der Waals surface area contributed by atoms with Crippen LogP contribution in [-0.2, 0) is 13.5 Å². The van der Waals surface area contributed by atoms with E-state index < -0.39 is 0 Å². The molecule has 1 heterocycles. The van der Waals surface area contributed by atoms with Crippen LogP contribution in [0.1, 0.15) is 31.4 Å². The van der Waals surface area contributed by atoms with E-state index in [1.165, 1.54) is 42.3 Å². The standard InChI is InChI=1S/C15H19ClN2/c1-18-14-7-3-2-6-12(14)13(17-18)10-15(11-16)8-4-5-9-15/h2-3,6-7H,4-5,8-11H2,1H3. The number of hydrogen-bond donors (Lipinski definition) is 0. The van der Waals surface area contributed by atoms with Gasteiger partial charge in [0.15, 0.2) is 0 Å². The second-order valence-corrected chi connectivity index (χ2v) is 5.87. The zero-order valence-electron chi connectivity index (χ0n) is 10.8. The van der Waals surface area contributed by atoms with E-state index in [9.17, 15) is 0 Å². The lowest BCUT2D eigenvalue weighted by Gasteiger charge is -2.25. The number of rotatable bonds is 3. The van der Waals surface area contributed by atoms with Crippen molar-refractivity contribution in [2.75, 3.05) is 5.88 Å². The predicted molar refractivity (Wildman–Crippen MR) is 76.0 cm³/mol. The van der Waals surface area contributed by atoms with Crippen molar-refractivity contribution in [2.45, 2.75) is 32.1 Å². The molecule has 0 spiro atoms. The van der Waals surface area contributed by atoms with Gasteiger partial charge in [-0.25, -0.2) is 0 Å². The Hall–Kier alpha value is -1.02. The molecule has 1 aliphatic carbocycles. The minimum absolute atomic E-state index is 0.290. The van der Waals surface area contributed by atoms with Crippen molar-refractivity contribution in [3.63, 3.8) is 0 Å². The van der Waals surface area contributed by atoms with Crippen LogP contribution in [0.25, 0.3) is 10.9 Å². The van der Waals surface area contributed by atoms with Crippen molar-refractivity contribution in [2.24, 2.45) is 12.5 Å². The van der Waals surface area contributed by atoms with Crippen LogP contribution in [0.3, 0.4) is 0 Å². The maximum absolute atomic E-state index is 6.24. The first kappa shape index (κ1) is 12.0. The van der Waals surface area contributed by atoms with Crippen LogP contribution < -0.4 is 0 Å². The van der Waals surface area contributed by atoms with E-state index in [0.717, 1.165) is 12.3 Å². The van der Waals surface area contributed by atoms with E-state index in [4.69, 9.17) is 16.7 Å². The van der Waals surface area contributed by atoms with Gasteiger partial charge in [0.2, 0.25) is 0 Å². The fourth-order valence-electron chi connectivity index (χ4n) is 3.26. The zero-order chi connectivity index (χ0) is 12.6. The Balaban J connectivity index is 1.99. The average molecular weight is 263 g/mol. The first-order valence-corrected chi connectivity index (χ1v) is 7.24. The Bertz CT molecular complexity index is 553. The molecule has 0 N–H and O–H groups in total. The molecule has 0 unspecified atom stereocenters. The predicted octanol–water partition coefficient (Wildman–Crippen LogP) is 3.92. The van der Waals surface area contributed by atoms with Crippen LogP contribution in [-0.4, -0.2) is 15.7 Å². The van der Waals surface area contributed by atoms with Gasteiger partial charge >= 0.3 is 0 Å². The number of aromatic nitrogens is 2. The molecule has 1 aromatic heterocycles. The summed E-state index contributed by atoms with van der Waals surface area (Å²) in [6.45, 7) is 0. The summed E-state index contributed by atoms with van der Waals surface area (Å²) in [6.07, 6.45) is 6.16. The number of benzene rings is 1. The summed E-state index contributed by atoms with van der Waals surface area (Å²) in [5.41, 5.74) is 2.73. The van der Waals surface area contributed by atoms with Gasteiger partial charge in [0.25, 0.3) is 0 Å². The highest BCUT2D eigenvalue weighted by atomic mass is 35.5. The van der Waals surface area contributed by atoms with Crippen molar-refractivity contribution in [3.8, 4) is 0 Å². The summed E-state index contributed by atoms with van der Waals surface area (Å²) in [5, 5.41) is 5.99. The van der Waals surface area contributed by atoms with Gasteiger partial charge < -0.3 is 0 Å². The molecule has 96 valence electrons. The summed E-state index contributed by atoms with van der Waals surface area (Å²) in [4.78, 5) is 0. The first-order chi connectivity index (χ1) is 8.74. The Morgan fingerprint density at radius 1 is 1.28 bits per heavy atom. The lowest BCUT2D eigenvalue weighted by molar-refractivity contribution is 0.337. The molecule has 1 aromatic carbocycles. The van der Waals surface area contributed by atoms with E-state index in [-0.39, 0.29) is 0 Å². The van der Waals surface area contributed by atoms with E-state index in [1.807, 2.05) is 11.7 Å². The summed E-state index contributed by atoms with van der Waals surface area (Å²) < 4.78 is 1.99. The van der Waals surface area contributed by atoms with Crippen molar-refractivity contribution in [1.29, 1.82) is 0 Å². The van der Waals surface area contributed by atoms with E-state index in [0.29, 0.717) is 5.41 Å². The molecular weight excluding hydrogens is 244 g/mol. The van der Waals surface area contributed by atoms with Gasteiger partial charge in [-0.15, -0.1) is 11.6 Å². The number of nitrogens with zero attached hydrogens (tertiary/aromatic N) is 2. The molecule has 18 heavy (non-hydrogen) atoms. The van der Waals surface area contributed by atoms with E-state index in [2.05, 4.69) is 24.3 Å². The maximum Gasteiger partial charge on any atom is 0.0709 e. The van der Waals surface area contributed by atoms with Crippen molar-refractivity contribution in [1.82, 2.24) is 9.78 Å². The molecule has 0 amide bonds. The average Bonchev–Trinajstić information content (AvgIpc) is 2.98. The van der Waals surface area contributed by atoms with Crippen molar-refractivity contribution < 1.29 is 0 Å². The number of fused-ring (bicyclic) bond motifs is 1. The third-order valence-electron chi connectivity index (χ3n) is 4.32. The molecule has 1 saturated carbocycles. The first-order valence-electron chi connectivity index (χ1n) is 6.71. The Kier molecular flexibility index (Phi) is 3.06. The van der Waals surface area contributed by atoms with Gasteiger partial charge in [0.1, 0.15) is 0 Å². The largest absolute Gasteiger partial charge is 0.268 e.